The molecule has 0 saturated carbocycles. The number of unbranched alkanes of at least 4 members (excludes halogenated alkanes) is 1. The van der Waals surface area contributed by atoms with Crippen LogP contribution >= 0.6 is 0 Å². The molecule has 1 heterocycles. The lowest BCUT2D eigenvalue weighted by atomic mass is 9.93. The summed E-state index contributed by atoms with van der Waals surface area (Å²) in [5, 5.41) is 4.24. The summed E-state index contributed by atoms with van der Waals surface area (Å²) in [5.41, 5.74) is 1.32. The van der Waals surface area contributed by atoms with E-state index in [2.05, 4.69) is 29.1 Å². The summed E-state index contributed by atoms with van der Waals surface area (Å²) in [7, 11) is 0. The van der Waals surface area contributed by atoms with Crippen molar-refractivity contribution in [2.45, 2.75) is 38.6 Å². The Morgan fingerprint density at radius 3 is 2.42 bits per heavy atom. The van der Waals surface area contributed by atoms with Crippen LogP contribution in [0.1, 0.15) is 37.7 Å². The fourth-order valence-electron chi connectivity index (χ4n) is 2.80. The van der Waals surface area contributed by atoms with Crippen LogP contribution in [-0.4, -0.2) is 14.8 Å². The van der Waals surface area contributed by atoms with Crippen LogP contribution in [0.25, 0.3) is 0 Å². The third-order valence-corrected chi connectivity index (χ3v) is 4.11. The van der Waals surface area contributed by atoms with Crippen LogP contribution in [-0.2, 0) is 6.54 Å². The Morgan fingerprint density at radius 2 is 1.75 bits per heavy atom. The number of rotatable bonds is 8. The largest absolute Gasteiger partial charge is 0.457 e. The van der Waals surface area contributed by atoms with E-state index < -0.39 is 0 Å². The molecular weight excluding hydrogens is 298 g/mol. The highest BCUT2D eigenvalue weighted by atomic mass is 16.5. The molecule has 4 heteroatoms. The first-order chi connectivity index (χ1) is 11.8. The van der Waals surface area contributed by atoms with Crippen LogP contribution in [0.15, 0.2) is 67.3 Å². The van der Waals surface area contributed by atoms with E-state index in [4.69, 9.17) is 4.74 Å². The summed E-state index contributed by atoms with van der Waals surface area (Å²) in [4.78, 5) is 4.04. The molecule has 1 unspecified atom stereocenters. The summed E-state index contributed by atoms with van der Waals surface area (Å²) >= 11 is 0. The molecule has 24 heavy (non-hydrogen) atoms. The molecule has 0 amide bonds. The Balaban J connectivity index is 1.70. The zero-order chi connectivity index (χ0) is 16.6. The monoisotopic (exact) mass is 321 g/mol. The van der Waals surface area contributed by atoms with Gasteiger partial charge in [0.1, 0.15) is 24.2 Å². The number of nitrogens with zero attached hydrogens (tertiary/aromatic N) is 3. The van der Waals surface area contributed by atoms with Gasteiger partial charge in [0.05, 0.1) is 0 Å². The minimum Gasteiger partial charge on any atom is -0.457 e. The highest BCUT2D eigenvalue weighted by Crippen LogP contribution is 2.27. The normalized spacial score (nSPS) is 12.0. The minimum absolute atomic E-state index is 0.442. The van der Waals surface area contributed by atoms with E-state index in [1.54, 1.807) is 12.7 Å². The summed E-state index contributed by atoms with van der Waals surface area (Å²) in [6, 6.07) is 18.3. The van der Waals surface area contributed by atoms with Gasteiger partial charge in [-0.15, -0.1) is 0 Å². The van der Waals surface area contributed by atoms with Crippen molar-refractivity contribution in [2.75, 3.05) is 0 Å². The van der Waals surface area contributed by atoms with Crippen molar-refractivity contribution >= 4 is 0 Å². The smallest absolute Gasteiger partial charge is 0.137 e. The highest BCUT2D eigenvalue weighted by Gasteiger charge is 2.13. The molecule has 0 radical (unpaired) electrons. The zero-order valence-electron chi connectivity index (χ0n) is 14.0. The molecule has 0 aliphatic heterocycles. The van der Waals surface area contributed by atoms with E-state index in [9.17, 15) is 0 Å². The zero-order valence-corrected chi connectivity index (χ0v) is 14.0. The summed E-state index contributed by atoms with van der Waals surface area (Å²) in [6.07, 6.45) is 6.93. The lowest BCUT2D eigenvalue weighted by molar-refractivity contribution is 0.469. The second kappa shape index (κ2) is 8.29. The molecule has 0 saturated heterocycles. The maximum atomic E-state index is 5.87. The molecule has 124 valence electrons. The topological polar surface area (TPSA) is 39.9 Å². The lowest BCUT2D eigenvalue weighted by Gasteiger charge is -2.17. The van der Waals surface area contributed by atoms with Gasteiger partial charge in [-0.05, 0) is 36.2 Å². The standard InChI is InChI=1S/C20H23N3O/c1-2-3-7-18(14-23-16-21-15-22-23)17-10-12-20(13-11-17)24-19-8-5-4-6-9-19/h4-6,8-13,15-16,18H,2-3,7,14H2,1H3. The van der Waals surface area contributed by atoms with E-state index >= 15 is 0 Å². The first-order valence-corrected chi connectivity index (χ1v) is 8.50. The number of hydrogen-bond acceptors (Lipinski definition) is 3. The van der Waals surface area contributed by atoms with Crippen molar-refractivity contribution < 1.29 is 4.74 Å². The predicted molar refractivity (Wildman–Crippen MR) is 95.2 cm³/mol. The van der Waals surface area contributed by atoms with E-state index in [0.717, 1.165) is 24.5 Å². The van der Waals surface area contributed by atoms with Crippen LogP contribution in [0.2, 0.25) is 0 Å². The van der Waals surface area contributed by atoms with E-state index in [1.807, 2.05) is 47.1 Å². The van der Waals surface area contributed by atoms with Gasteiger partial charge in [0.25, 0.3) is 0 Å². The molecule has 0 fully saturated rings. The third kappa shape index (κ3) is 4.44. The van der Waals surface area contributed by atoms with Crippen molar-refractivity contribution in [3.8, 4) is 11.5 Å². The fourth-order valence-corrected chi connectivity index (χ4v) is 2.80. The second-order valence-electron chi connectivity index (χ2n) is 5.94. The number of hydrogen-bond donors (Lipinski definition) is 0. The molecular formula is C20H23N3O. The molecule has 3 rings (SSSR count). The molecule has 0 spiro atoms. The van der Waals surface area contributed by atoms with Crippen LogP contribution < -0.4 is 4.74 Å². The summed E-state index contributed by atoms with van der Waals surface area (Å²) in [5.74, 6) is 2.16. The highest BCUT2D eigenvalue weighted by molar-refractivity contribution is 5.34. The van der Waals surface area contributed by atoms with Gasteiger partial charge in [0.2, 0.25) is 0 Å². The van der Waals surface area contributed by atoms with Crippen LogP contribution in [0.3, 0.4) is 0 Å². The van der Waals surface area contributed by atoms with Crippen molar-refractivity contribution in [1.29, 1.82) is 0 Å². The molecule has 1 aromatic heterocycles. The Hall–Kier alpha value is -2.62. The molecule has 0 bridgehead atoms. The summed E-state index contributed by atoms with van der Waals surface area (Å²) in [6.45, 7) is 3.09. The van der Waals surface area contributed by atoms with Crippen molar-refractivity contribution in [3.63, 3.8) is 0 Å². The second-order valence-corrected chi connectivity index (χ2v) is 5.94. The SMILES string of the molecule is CCCCC(Cn1cncn1)c1ccc(Oc2ccccc2)cc1. The van der Waals surface area contributed by atoms with Gasteiger partial charge in [-0.1, -0.05) is 50.1 Å². The molecule has 2 aromatic carbocycles. The average Bonchev–Trinajstić information content (AvgIpc) is 3.13. The molecule has 3 aromatic rings. The van der Waals surface area contributed by atoms with Crippen LogP contribution in [0.5, 0.6) is 11.5 Å². The number of ether oxygens (including phenoxy) is 1. The van der Waals surface area contributed by atoms with Crippen LogP contribution in [0, 0.1) is 0 Å². The maximum Gasteiger partial charge on any atom is 0.137 e. The lowest BCUT2D eigenvalue weighted by Crippen LogP contribution is -2.10. The molecule has 0 N–H and O–H groups in total. The van der Waals surface area contributed by atoms with Crippen molar-refractivity contribution in [3.05, 3.63) is 72.8 Å². The number of aromatic nitrogens is 3. The van der Waals surface area contributed by atoms with Crippen LogP contribution in [0.4, 0.5) is 0 Å². The number of benzene rings is 2. The van der Waals surface area contributed by atoms with Crippen molar-refractivity contribution in [1.82, 2.24) is 14.8 Å². The van der Waals surface area contributed by atoms with Gasteiger partial charge >= 0.3 is 0 Å². The summed E-state index contributed by atoms with van der Waals surface area (Å²) < 4.78 is 7.78. The molecule has 0 aliphatic rings. The molecule has 4 nitrogen and oxygen atoms in total. The Morgan fingerprint density at radius 1 is 1.00 bits per heavy atom. The van der Waals surface area contributed by atoms with Gasteiger partial charge in [0.15, 0.2) is 0 Å². The first-order valence-electron chi connectivity index (χ1n) is 8.50. The van der Waals surface area contributed by atoms with E-state index in [0.29, 0.717) is 5.92 Å². The predicted octanol–water partition coefficient (Wildman–Crippen LogP) is 5.04. The maximum absolute atomic E-state index is 5.87. The van der Waals surface area contributed by atoms with Crippen molar-refractivity contribution in [2.24, 2.45) is 0 Å². The minimum atomic E-state index is 0.442. The molecule has 0 aliphatic carbocycles. The van der Waals surface area contributed by atoms with Gasteiger partial charge in [-0.2, -0.15) is 5.10 Å². The Labute approximate surface area is 143 Å². The fraction of sp³-hybridized carbons (Fsp3) is 0.300. The van der Waals surface area contributed by atoms with Gasteiger partial charge < -0.3 is 4.74 Å². The van der Waals surface area contributed by atoms with Gasteiger partial charge in [-0.25, -0.2) is 4.98 Å². The first kappa shape index (κ1) is 16.2. The van der Waals surface area contributed by atoms with E-state index in [-0.39, 0.29) is 0 Å². The average molecular weight is 321 g/mol. The third-order valence-electron chi connectivity index (χ3n) is 4.11. The van der Waals surface area contributed by atoms with E-state index in [1.165, 1.54) is 18.4 Å². The molecule has 1 atom stereocenters. The Bertz CT molecular complexity index is 708. The quantitative estimate of drug-likeness (QED) is 0.583. The van der Waals surface area contributed by atoms with Gasteiger partial charge in [-0.3, -0.25) is 4.68 Å². The number of para-hydroxylation sites is 1. The Kier molecular flexibility index (Phi) is 5.61. The van der Waals surface area contributed by atoms with Gasteiger partial charge in [0, 0.05) is 12.5 Å².